The zero-order valence-corrected chi connectivity index (χ0v) is 27.7. The molecule has 0 bridgehead atoms. The van der Waals surface area contributed by atoms with Crippen molar-refractivity contribution < 1.29 is 0 Å². The largest absolute Gasteiger partial charge is 0.256 e. The summed E-state index contributed by atoms with van der Waals surface area (Å²) in [6, 6.07) is 63.4. The average molecular weight is 644 g/mol. The van der Waals surface area contributed by atoms with E-state index in [1.54, 1.807) is 0 Å². The molecule has 0 saturated carbocycles. The number of nitrogens with zero attached hydrogens (tertiary/aromatic N) is 1. The molecule has 234 valence electrons. The fraction of sp³-hybridized carbons (Fsp3) is 0.0200. The Hall–Kier alpha value is -6.57. The normalized spacial score (nSPS) is 13.6. The SMILES string of the molecule is c1ccc2c(c1)-c1ccccc1C21c2ccc(-c3ccc4ccc5c(-c6cccc7ccccc67)ccc6ccc3c4c65)cc2-c2ncccc21. The second kappa shape index (κ2) is 9.78. The topological polar surface area (TPSA) is 12.9 Å². The van der Waals surface area contributed by atoms with Crippen molar-refractivity contribution in [1.29, 1.82) is 0 Å². The van der Waals surface area contributed by atoms with Gasteiger partial charge in [-0.2, -0.15) is 0 Å². The van der Waals surface area contributed by atoms with Gasteiger partial charge in [-0.25, -0.2) is 0 Å². The molecular formula is C50H29N. The monoisotopic (exact) mass is 643 g/mol. The quantitative estimate of drug-likeness (QED) is 0.171. The van der Waals surface area contributed by atoms with Crippen LogP contribution in [0.5, 0.6) is 0 Å². The molecule has 1 heterocycles. The van der Waals surface area contributed by atoms with Crippen LogP contribution in [0.15, 0.2) is 176 Å². The summed E-state index contributed by atoms with van der Waals surface area (Å²) in [5.74, 6) is 0. The third-order valence-corrected chi connectivity index (χ3v) is 11.9. The summed E-state index contributed by atoms with van der Waals surface area (Å²) in [5.41, 5.74) is 14.8. The van der Waals surface area contributed by atoms with E-state index in [0.717, 1.165) is 5.69 Å². The molecule has 0 radical (unpaired) electrons. The molecule has 1 aromatic heterocycles. The highest BCUT2D eigenvalue weighted by Crippen LogP contribution is 2.62. The van der Waals surface area contributed by atoms with Crippen LogP contribution >= 0.6 is 0 Å². The maximum atomic E-state index is 5.09. The molecule has 1 spiro atoms. The molecule has 9 aromatic carbocycles. The molecule has 51 heavy (non-hydrogen) atoms. The highest BCUT2D eigenvalue weighted by molar-refractivity contribution is 6.28. The fourth-order valence-electron chi connectivity index (χ4n) is 9.87. The highest BCUT2D eigenvalue weighted by atomic mass is 14.7. The van der Waals surface area contributed by atoms with Gasteiger partial charge in [0.15, 0.2) is 0 Å². The molecule has 0 fully saturated rings. The van der Waals surface area contributed by atoms with Crippen LogP contribution in [0.1, 0.15) is 22.3 Å². The van der Waals surface area contributed by atoms with Gasteiger partial charge in [-0.1, -0.05) is 158 Å². The molecule has 2 aliphatic rings. The van der Waals surface area contributed by atoms with Crippen molar-refractivity contribution in [3.63, 3.8) is 0 Å². The Kier molecular flexibility index (Phi) is 5.23. The van der Waals surface area contributed by atoms with Gasteiger partial charge < -0.3 is 0 Å². The first kappa shape index (κ1) is 27.3. The summed E-state index contributed by atoms with van der Waals surface area (Å²) in [7, 11) is 0. The first-order chi connectivity index (χ1) is 25.3. The van der Waals surface area contributed by atoms with Gasteiger partial charge in [0.1, 0.15) is 0 Å². The van der Waals surface area contributed by atoms with Crippen LogP contribution in [0.4, 0.5) is 0 Å². The molecule has 0 aliphatic heterocycles. The zero-order valence-electron chi connectivity index (χ0n) is 27.7. The second-order valence-corrected chi connectivity index (χ2v) is 14.2. The molecular weight excluding hydrogens is 615 g/mol. The van der Waals surface area contributed by atoms with Gasteiger partial charge in [-0.05, 0) is 111 Å². The van der Waals surface area contributed by atoms with Crippen LogP contribution in [0.25, 0.3) is 87.7 Å². The van der Waals surface area contributed by atoms with E-state index in [-0.39, 0.29) is 5.41 Å². The van der Waals surface area contributed by atoms with Gasteiger partial charge in [-0.3, -0.25) is 4.98 Å². The summed E-state index contributed by atoms with van der Waals surface area (Å²) in [6.07, 6.45) is 1.95. The van der Waals surface area contributed by atoms with Crippen molar-refractivity contribution in [1.82, 2.24) is 4.98 Å². The van der Waals surface area contributed by atoms with Gasteiger partial charge in [0.2, 0.25) is 0 Å². The molecule has 2 aliphatic carbocycles. The van der Waals surface area contributed by atoms with Crippen molar-refractivity contribution in [2.75, 3.05) is 0 Å². The van der Waals surface area contributed by atoms with Crippen molar-refractivity contribution in [3.8, 4) is 44.6 Å². The lowest BCUT2D eigenvalue weighted by atomic mass is 9.70. The first-order valence-electron chi connectivity index (χ1n) is 17.8. The van der Waals surface area contributed by atoms with Gasteiger partial charge in [-0.15, -0.1) is 0 Å². The number of hydrogen-bond acceptors (Lipinski definition) is 1. The van der Waals surface area contributed by atoms with E-state index in [9.17, 15) is 0 Å². The number of pyridine rings is 1. The van der Waals surface area contributed by atoms with Gasteiger partial charge in [0, 0.05) is 11.8 Å². The first-order valence-corrected chi connectivity index (χ1v) is 17.8. The predicted octanol–water partition coefficient (Wildman–Crippen LogP) is 12.8. The van der Waals surface area contributed by atoms with E-state index in [2.05, 4.69) is 170 Å². The average Bonchev–Trinajstić information content (AvgIpc) is 3.67. The van der Waals surface area contributed by atoms with Crippen molar-refractivity contribution in [2.45, 2.75) is 5.41 Å². The molecule has 0 atom stereocenters. The lowest BCUT2D eigenvalue weighted by Gasteiger charge is -2.30. The van der Waals surface area contributed by atoms with Crippen LogP contribution in [-0.4, -0.2) is 4.98 Å². The summed E-state index contributed by atoms with van der Waals surface area (Å²) >= 11 is 0. The lowest BCUT2D eigenvalue weighted by Crippen LogP contribution is -2.25. The second-order valence-electron chi connectivity index (χ2n) is 14.2. The number of benzene rings is 9. The molecule has 1 heteroatoms. The lowest BCUT2D eigenvalue weighted by molar-refractivity contribution is 0.791. The number of rotatable bonds is 2. The van der Waals surface area contributed by atoms with E-state index >= 15 is 0 Å². The molecule has 0 amide bonds. The van der Waals surface area contributed by atoms with Gasteiger partial charge in [0.05, 0.1) is 11.1 Å². The summed E-state index contributed by atoms with van der Waals surface area (Å²) in [4.78, 5) is 5.09. The van der Waals surface area contributed by atoms with Crippen molar-refractivity contribution >= 4 is 43.1 Å². The molecule has 0 unspecified atom stereocenters. The molecule has 10 aromatic rings. The molecule has 0 saturated heterocycles. The maximum Gasteiger partial charge on any atom is 0.0753 e. The minimum Gasteiger partial charge on any atom is -0.256 e. The van der Waals surface area contributed by atoms with Crippen LogP contribution in [0.2, 0.25) is 0 Å². The van der Waals surface area contributed by atoms with Crippen molar-refractivity contribution in [2.24, 2.45) is 0 Å². The number of fused-ring (bicyclic) bond motifs is 11. The van der Waals surface area contributed by atoms with Crippen LogP contribution < -0.4 is 0 Å². The Morgan fingerprint density at radius 1 is 0.333 bits per heavy atom. The van der Waals surface area contributed by atoms with E-state index in [1.165, 1.54) is 104 Å². The fourth-order valence-corrected chi connectivity index (χ4v) is 9.87. The Labute approximate surface area is 295 Å². The van der Waals surface area contributed by atoms with E-state index < -0.39 is 0 Å². The Bertz CT molecular complexity index is 3040. The van der Waals surface area contributed by atoms with E-state index in [1.807, 2.05) is 6.20 Å². The predicted molar refractivity (Wildman–Crippen MR) is 213 cm³/mol. The highest BCUT2D eigenvalue weighted by Gasteiger charge is 2.52. The summed E-state index contributed by atoms with van der Waals surface area (Å²) < 4.78 is 0. The Morgan fingerprint density at radius 2 is 0.902 bits per heavy atom. The Balaban J connectivity index is 1.11. The standard InChI is InChI=1S/C50H29N/c1-2-11-34-30(9-1)10-7-14-36(34)37-24-19-32-20-25-40-35(23-18-31-21-26-41(37)48(32)47(31)40)33-22-27-45-42(29-33)49-46(17-8-28-51-49)50(45)43-15-5-3-12-38(43)39-13-4-6-16-44(39)50/h1-29H. The molecule has 0 N–H and O–H groups in total. The minimum atomic E-state index is -0.384. The Morgan fingerprint density at radius 3 is 1.69 bits per heavy atom. The summed E-state index contributed by atoms with van der Waals surface area (Å²) in [6.45, 7) is 0. The van der Waals surface area contributed by atoms with Crippen LogP contribution in [-0.2, 0) is 5.41 Å². The summed E-state index contributed by atoms with van der Waals surface area (Å²) in [5, 5.41) is 10.3. The smallest absolute Gasteiger partial charge is 0.0753 e. The van der Waals surface area contributed by atoms with Crippen LogP contribution in [0.3, 0.4) is 0 Å². The number of aromatic nitrogens is 1. The van der Waals surface area contributed by atoms with Gasteiger partial charge >= 0.3 is 0 Å². The third-order valence-electron chi connectivity index (χ3n) is 11.9. The van der Waals surface area contributed by atoms with Crippen LogP contribution in [0, 0.1) is 0 Å². The van der Waals surface area contributed by atoms with Crippen molar-refractivity contribution in [3.05, 3.63) is 198 Å². The molecule has 12 rings (SSSR count). The zero-order chi connectivity index (χ0) is 33.3. The minimum absolute atomic E-state index is 0.384. The molecule has 1 nitrogen and oxygen atoms in total. The maximum absolute atomic E-state index is 5.09. The number of hydrogen-bond donors (Lipinski definition) is 0. The van der Waals surface area contributed by atoms with E-state index in [4.69, 9.17) is 4.98 Å². The van der Waals surface area contributed by atoms with Gasteiger partial charge in [0.25, 0.3) is 0 Å². The van der Waals surface area contributed by atoms with E-state index in [0.29, 0.717) is 0 Å². The third kappa shape index (κ3) is 3.38.